The Labute approximate surface area is 157 Å². The van der Waals surface area contributed by atoms with Gasteiger partial charge in [0.05, 0.1) is 11.3 Å². The molecular formula is C21H20N2O2S. The van der Waals surface area contributed by atoms with Gasteiger partial charge in [-0.1, -0.05) is 53.7 Å². The Hall–Kier alpha value is -2.53. The van der Waals surface area contributed by atoms with Gasteiger partial charge in [-0.2, -0.15) is 0 Å². The first-order valence-corrected chi connectivity index (χ1v) is 9.56. The van der Waals surface area contributed by atoms with Crippen LogP contribution in [0.4, 0.5) is 0 Å². The molecule has 2 aromatic carbocycles. The Bertz CT molecular complexity index is 918. The highest BCUT2D eigenvalue weighted by atomic mass is 32.2. The van der Waals surface area contributed by atoms with Crippen LogP contribution in [0.2, 0.25) is 0 Å². The monoisotopic (exact) mass is 364 g/mol. The van der Waals surface area contributed by atoms with Crippen LogP contribution in [-0.4, -0.2) is 23.2 Å². The lowest BCUT2D eigenvalue weighted by molar-refractivity contribution is 0.279. The van der Waals surface area contributed by atoms with Crippen LogP contribution >= 0.6 is 11.8 Å². The van der Waals surface area contributed by atoms with Crippen molar-refractivity contribution < 1.29 is 9.26 Å². The SMILES string of the molecule is CC1(C)COC(c2c(-c3ccccc3)noc2CSc2ccccc2)=N1. The Morgan fingerprint density at radius 1 is 1.00 bits per heavy atom. The summed E-state index contributed by atoms with van der Waals surface area (Å²) in [6.07, 6.45) is 0. The molecule has 0 spiro atoms. The van der Waals surface area contributed by atoms with E-state index >= 15 is 0 Å². The molecule has 0 atom stereocenters. The second-order valence-corrected chi connectivity index (χ2v) is 7.86. The predicted octanol–water partition coefficient (Wildman–Crippen LogP) is 5.19. The van der Waals surface area contributed by atoms with Gasteiger partial charge < -0.3 is 9.26 Å². The molecule has 4 rings (SSSR count). The van der Waals surface area contributed by atoms with Crippen molar-refractivity contribution in [1.82, 2.24) is 5.16 Å². The molecule has 5 heteroatoms. The average Bonchev–Trinajstić information content (AvgIpc) is 3.24. The second-order valence-electron chi connectivity index (χ2n) is 6.82. The summed E-state index contributed by atoms with van der Waals surface area (Å²) in [6, 6.07) is 20.3. The molecule has 1 aromatic heterocycles. The molecule has 26 heavy (non-hydrogen) atoms. The van der Waals surface area contributed by atoms with E-state index < -0.39 is 0 Å². The number of hydrogen-bond acceptors (Lipinski definition) is 5. The van der Waals surface area contributed by atoms with Crippen LogP contribution in [0.25, 0.3) is 11.3 Å². The maximum atomic E-state index is 5.91. The third-order valence-corrected chi connectivity index (χ3v) is 5.12. The fourth-order valence-corrected chi connectivity index (χ4v) is 3.66. The van der Waals surface area contributed by atoms with E-state index in [9.17, 15) is 0 Å². The first-order valence-electron chi connectivity index (χ1n) is 8.57. The van der Waals surface area contributed by atoms with E-state index in [1.165, 1.54) is 4.90 Å². The maximum absolute atomic E-state index is 5.91. The lowest BCUT2D eigenvalue weighted by Crippen LogP contribution is -2.17. The van der Waals surface area contributed by atoms with Crippen molar-refractivity contribution in [3.63, 3.8) is 0 Å². The van der Waals surface area contributed by atoms with Gasteiger partial charge in [-0.05, 0) is 26.0 Å². The van der Waals surface area contributed by atoms with Crippen molar-refractivity contribution in [2.75, 3.05) is 6.61 Å². The smallest absolute Gasteiger partial charge is 0.222 e. The zero-order valence-electron chi connectivity index (χ0n) is 14.8. The third-order valence-electron chi connectivity index (χ3n) is 4.10. The van der Waals surface area contributed by atoms with Crippen LogP contribution in [0.15, 0.2) is 75.1 Å². The second kappa shape index (κ2) is 7.00. The van der Waals surface area contributed by atoms with E-state index in [-0.39, 0.29) is 5.54 Å². The summed E-state index contributed by atoms with van der Waals surface area (Å²) in [4.78, 5) is 5.94. The van der Waals surface area contributed by atoms with Crippen molar-refractivity contribution in [2.45, 2.75) is 30.0 Å². The van der Waals surface area contributed by atoms with Gasteiger partial charge in [0.1, 0.15) is 17.9 Å². The molecule has 0 aliphatic carbocycles. The van der Waals surface area contributed by atoms with Crippen molar-refractivity contribution in [3.8, 4) is 11.3 Å². The summed E-state index contributed by atoms with van der Waals surface area (Å²) in [6.45, 7) is 4.69. The van der Waals surface area contributed by atoms with Crippen LogP contribution in [-0.2, 0) is 10.5 Å². The largest absolute Gasteiger partial charge is 0.475 e. The van der Waals surface area contributed by atoms with Gasteiger partial charge in [-0.15, -0.1) is 11.8 Å². The molecule has 2 heterocycles. The molecule has 0 amide bonds. The Morgan fingerprint density at radius 2 is 1.69 bits per heavy atom. The summed E-state index contributed by atoms with van der Waals surface area (Å²) in [5.41, 5.74) is 2.42. The van der Waals surface area contributed by atoms with Gasteiger partial charge in [0.15, 0.2) is 5.76 Å². The molecule has 1 aliphatic heterocycles. The fourth-order valence-electron chi connectivity index (χ4n) is 2.81. The van der Waals surface area contributed by atoms with Gasteiger partial charge in [-0.3, -0.25) is 0 Å². The summed E-state index contributed by atoms with van der Waals surface area (Å²) >= 11 is 1.71. The van der Waals surface area contributed by atoms with Crippen LogP contribution in [0.1, 0.15) is 25.2 Å². The predicted molar refractivity (Wildman–Crippen MR) is 105 cm³/mol. The standard InChI is InChI=1S/C21H20N2O2S/c1-21(2)14-24-20(22-21)18-17(13-26-16-11-7-4-8-12-16)25-23-19(18)15-9-5-3-6-10-15/h3-12H,13-14H2,1-2H3. The molecule has 1 aliphatic rings. The highest BCUT2D eigenvalue weighted by Crippen LogP contribution is 2.33. The van der Waals surface area contributed by atoms with Gasteiger partial charge in [0, 0.05) is 10.5 Å². The lowest BCUT2D eigenvalue weighted by Gasteiger charge is -2.07. The molecule has 0 fully saturated rings. The van der Waals surface area contributed by atoms with Crippen LogP contribution < -0.4 is 0 Å². The molecule has 0 saturated carbocycles. The number of aromatic nitrogens is 1. The van der Waals surface area contributed by atoms with Crippen molar-refractivity contribution in [2.24, 2.45) is 4.99 Å². The van der Waals surface area contributed by atoms with Gasteiger partial charge in [-0.25, -0.2) is 4.99 Å². The zero-order chi connectivity index (χ0) is 18.0. The minimum atomic E-state index is -0.232. The lowest BCUT2D eigenvalue weighted by atomic mass is 10.1. The quantitative estimate of drug-likeness (QED) is 0.585. The number of nitrogens with zero attached hydrogens (tertiary/aromatic N) is 2. The Kier molecular flexibility index (Phi) is 4.55. The maximum Gasteiger partial charge on any atom is 0.222 e. The summed E-state index contributed by atoms with van der Waals surface area (Å²) in [7, 11) is 0. The molecule has 0 bridgehead atoms. The minimum absolute atomic E-state index is 0.232. The minimum Gasteiger partial charge on any atom is -0.475 e. The molecule has 0 radical (unpaired) electrons. The van der Waals surface area contributed by atoms with Crippen LogP contribution in [0.5, 0.6) is 0 Å². The summed E-state index contributed by atoms with van der Waals surface area (Å²) in [5, 5.41) is 4.34. The molecule has 0 saturated heterocycles. The highest BCUT2D eigenvalue weighted by molar-refractivity contribution is 7.98. The van der Waals surface area contributed by atoms with Gasteiger partial charge in [0.25, 0.3) is 0 Å². The first-order chi connectivity index (χ1) is 12.6. The van der Waals surface area contributed by atoms with Gasteiger partial charge >= 0.3 is 0 Å². The topological polar surface area (TPSA) is 47.6 Å². The van der Waals surface area contributed by atoms with E-state index in [0.29, 0.717) is 18.3 Å². The molecular weight excluding hydrogens is 344 g/mol. The fraction of sp³-hybridized carbons (Fsp3) is 0.238. The number of benzene rings is 2. The number of ether oxygens (including phenoxy) is 1. The van der Waals surface area contributed by atoms with E-state index in [0.717, 1.165) is 22.6 Å². The van der Waals surface area contributed by atoms with E-state index in [4.69, 9.17) is 14.3 Å². The Morgan fingerprint density at radius 3 is 2.35 bits per heavy atom. The zero-order valence-corrected chi connectivity index (χ0v) is 15.6. The van der Waals surface area contributed by atoms with Crippen LogP contribution in [0.3, 0.4) is 0 Å². The summed E-state index contributed by atoms with van der Waals surface area (Å²) in [5.74, 6) is 2.08. The van der Waals surface area contributed by atoms with E-state index in [1.807, 2.05) is 48.5 Å². The van der Waals surface area contributed by atoms with E-state index in [1.54, 1.807) is 11.8 Å². The average molecular weight is 364 g/mol. The molecule has 3 aromatic rings. The number of thioether (sulfide) groups is 1. The van der Waals surface area contributed by atoms with Crippen LogP contribution in [0, 0.1) is 0 Å². The molecule has 132 valence electrons. The first kappa shape index (κ1) is 16.9. The normalized spacial score (nSPS) is 15.5. The van der Waals surface area contributed by atoms with Gasteiger partial charge in [0.2, 0.25) is 5.90 Å². The van der Waals surface area contributed by atoms with Crippen molar-refractivity contribution >= 4 is 17.7 Å². The van der Waals surface area contributed by atoms with Crippen molar-refractivity contribution in [1.29, 1.82) is 0 Å². The summed E-state index contributed by atoms with van der Waals surface area (Å²) < 4.78 is 11.6. The highest BCUT2D eigenvalue weighted by Gasteiger charge is 2.32. The molecule has 4 nitrogen and oxygen atoms in total. The van der Waals surface area contributed by atoms with Crippen molar-refractivity contribution in [3.05, 3.63) is 72.0 Å². The molecule has 0 unspecified atom stereocenters. The number of rotatable bonds is 5. The molecule has 0 N–H and O–H groups in total. The van der Waals surface area contributed by atoms with E-state index in [2.05, 4.69) is 31.1 Å². The number of hydrogen-bond donors (Lipinski definition) is 0. The Balaban J connectivity index is 1.71. The third kappa shape index (κ3) is 3.53. The number of aliphatic imine (C=N–C) groups is 1.